The molecule has 1 rings (SSSR count). The predicted molar refractivity (Wildman–Crippen MR) is 90.6 cm³/mol. The van der Waals surface area contributed by atoms with Crippen LogP contribution in [0.1, 0.15) is 90.9 Å². The summed E-state index contributed by atoms with van der Waals surface area (Å²) in [5, 5.41) is 2.94. The summed E-state index contributed by atoms with van der Waals surface area (Å²) in [6, 6.07) is 0. The fourth-order valence-electron chi connectivity index (χ4n) is 2.88. The van der Waals surface area contributed by atoms with Crippen LogP contribution in [0.2, 0.25) is 0 Å². The molecule has 0 fully saturated rings. The van der Waals surface area contributed by atoms with Crippen molar-refractivity contribution in [1.29, 1.82) is 0 Å². The van der Waals surface area contributed by atoms with Crippen molar-refractivity contribution in [1.82, 2.24) is 10.3 Å². The molecule has 0 aliphatic carbocycles. The Morgan fingerprint density at radius 3 is 2.14 bits per heavy atom. The third-order valence-corrected chi connectivity index (χ3v) is 4.08. The van der Waals surface area contributed by atoms with Gasteiger partial charge in [-0.1, -0.05) is 45.4 Å². The number of aromatic nitrogens is 1. The van der Waals surface area contributed by atoms with Crippen LogP contribution >= 0.6 is 0 Å². The van der Waals surface area contributed by atoms with Gasteiger partial charge in [-0.05, 0) is 32.8 Å². The molecule has 0 bridgehead atoms. The van der Waals surface area contributed by atoms with E-state index in [4.69, 9.17) is 0 Å². The number of hydrogen-bond acceptors (Lipinski definition) is 2. The molecule has 4 nitrogen and oxygen atoms in total. The van der Waals surface area contributed by atoms with E-state index in [-0.39, 0.29) is 11.7 Å². The maximum absolute atomic E-state index is 12.2. The van der Waals surface area contributed by atoms with E-state index < -0.39 is 0 Å². The molecule has 0 atom stereocenters. The standard InChI is InChI=1S/C18H30N2O2/c1-5-6-7-8-9-10-11-12-19-18(22)17-13(2)16(15(4)21)14(3)20-17/h20H,5-12H2,1-4H3,(H,19,22). The van der Waals surface area contributed by atoms with E-state index >= 15 is 0 Å². The van der Waals surface area contributed by atoms with Crippen LogP contribution in [0.15, 0.2) is 0 Å². The Morgan fingerprint density at radius 2 is 1.59 bits per heavy atom. The number of aryl methyl sites for hydroxylation is 1. The van der Waals surface area contributed by atoms with Crippen molar-refractivity contribution in [2.75, 3.05) is 6.54 Å². The lowest BCUT2D eigenvalue weighted by molar-refractivity contribution is 0.0947. The van der Waals surface area contributed by atoms with Crippen molar-refractivity contribution < 1.29 is 9.59 Å². The number of carbonyl (C=O) groups is 2. The first-order valence-electron chi connectivity index (χ1n) is 8.47. The first kappa shape index (κ1) is 18.5. The van der Waals surface area contributed by atoms with Gasteiger partial charge < -0.3 is 10.3 Å². The number of Topliss-reactive ketones (excluding diaryl/α,β-unsaturated/α-hetero) is 1. The lowest BCUT2D eigenvalue weighted by Gasteiger charge is -2.05. The van der Waals surface area contributed by atoms with E-state index in [9.17, 15) is 9.59 Å². The number of rotatable bonds is 10. The minimum absolute atomic E-state index is 0.00243. The van der Waals surface area contributed by atoms with Gasteiger partial charge in [-0.3, -0.25) is 9.59 Å². The van der Waals surface area contributed by atoms with E-state index in [1.165, 1.54) is 39.0 Å². The molecule has 124 valence electrons. The largest absolute Gasteiger partial charge is 0.354 e. The minimum atomic E-state index is -0.112. The maximum Gasteiger partial charge on any atom is 0.268 e. The average molecular weight is 306 g/mol. The van der Waals surface area contributed by atoms with Gasteiger partial charge in [-0.15, -0.1) is 0 Å². The lowest BCUT2D eigenvalue weighted by Crippen LogP contribution is -2.25. The Morgan fingerprint density at radius 1 is 1.00 bits per heavy atom. The highest BCUT2D eigenvalue weighted by atomic mass is 16.2. The molecular weight excluding hydrogens is 276 g/mol. The summed E-state index contributed by atoms with van der Waals surface area (Å²) in [4.78, 5) is 26.8. The Kier molecular flexibility index (Phi) is 7.92. The monoisotopic (exact) mass is 306 g/mol. The SMILES string of the molecule is CCCCCCCCCNC(=O)c1[nH]c(C)c(C(C)=O)c1C. The van der Waals surface area contributed by atoms with Crippen molar-refractivity contribution in [2.24, 2.45) is 0 Å². The number of ketones is 1. The van der Waals surface area contributed by atoms with Crippen molar-refractivity contribution in [2.45, 2.75) is 72.6 Å². The number of aromatic amines is 1. The molecule has 0 aliphatic rings. The van der Waals surface area contributed by atoms with Gasteiger partial charge in [0.25, 0.3) is 5.91 Å². The van der Waals surface area contributed by atoms with Gasteiger partial charge in [0.05, 0.1) is 0 Å². The van der Waals surface area contributed by atoms with Crippen molar-refractivity contribution >= 4 is 11.7 Å². The highest BCUT2D eigenvalue weighted by molar-refractivity contribution is 6.02. The van der Waals surface area contributed by atoms with E-state index in [0.29, 0.717) is 17.8 Å². The second kappa shape index (κ2) is 9.44. The summed E-state index contributed by atoms with van der Waals surface area (Å²) in [6.45, 7) is 8.10. The number of amides is 1. The highest BCUT2D eigenvalue weighted by Crippen LogP contribution is 2.18. The Balaban J connectivity index is 2.35. The molecule has 0 saturated carbocycles. The molecule has 22 heavy (non-hydrogen) atoms. The molecule has 1 aromatic rings. The van der Waals surface area contributed by atoms with Crippen LogP contribution in [0.3, 0.4) is 0 Å². The zero-order valence-corrected chi connectivity index (χ0v) is 14.5. The topological polar surface area (TPSA) is 62.0 Å². The van der Waals surface area contributed by atoms with Crippen LogP contribution in [0.25, 0.3) is 0 Å². The van der Waals surface area contributed by atoms with Crippen LogP contribution in [-0.4, -0.2) is 23.2 Å². The number of carbonyl (C=O) groups excluding carboxylic acids is 2. The van der Waals surface area contributed by atoms with E-state index in [2.05, 4.69) is 17.2 Å². The third-order valence-electron chi connectivity index (χ3n) is 4.08. The van der Waals surface area contributed by atoms with Gasteiger partial charge in [0.1, 0.15) is 5.69 Å². The number of nitrogens with one attached hydrogen (secondary N) is 2. The molecule has 0 spiro atoms. The highest BCUT2D eigenvalue weighted by Gasteiger charge is 2.19. The van der Waals surface area contributed by atoms with Crippen LogP contribution in [0, 0.1) is 13.8 Å². The molecule has 4 heteroatoms. The van der Waals surface area contributed by atoms with Gasteiger partial charge in [-0.2, -0.15) is 0 Å². The van der Waals surface area contributed by atoms with Crippen molar-refractivity contribution in [3.8, 4) is 0 Å². The van der Waals surface area contributed by atoms with Crippen LogP contribution < -0.4 is 5.32 Å². The van der Waals surface area contributed by atoms with E-state index in [1.54, 1.807) is 0 Å². The van der Waals surface area contributed by atoms with Gasteiger partial charge in [0.2, 0.25) is 0 Å². The molecule has 0 radical (unpaired) electrons. The molecule has 0 unspecified atom stereocenters. The zero-order valence-electron chi connectivity index (χ0n) is 14.5. The second-order valence-corrected chi connectivity index (χ2v) is 6.06. The summed E-state index contributed by atoms with van der Waals surface area (Å²) < 4.78 is 0. The zero-order chi connectivity index (χ0) is 16.5. The Labute approximate surface area is 134 Å². The first-order chi connectivity index (χ1) is 10.5. The molecule has 1 aromatic heterocycles. The molecule has 1 heterocycles. The van der Waals surface area contributed by atoms with E-state index in [0.717, 1.165) is 24.1 Å². The third kappa shape index (κ3) is 5.32. The summed E-state index contributed by atoms with van der Waals surface area (Å²) in [5.74, 6) is -0.114. The number of hydrogen-bond donors (Lipinski definition) is 2. The smallest absolute Gasteiger partial charge is 0.268 e. The summed E-state index contributed by atoms with van der Waals surface area (Å²) in [5.41, 5.74) is 2.68. The molecule has 0 aromatic carbocycles. The van der Waals surface area contributed by atoms with Crippen molar-refractivity contribution in [3.63, 3.8) is 0 Å². The summed E-state index contributed by atoms with van der Waals surface area (Å²) in [7, 11) is 0. The quantitative estimate of drug-likeness (QED) is 0.499. The van der Waals surface area contributed by atoms with Gasteiger partial charge in [-0.25, -0.2) is 0 Å². The minimum Gasteiger partial charge on any atom is -0.354 e. The Hall–Kier alpha value is -1.58. The molecule has 1 amide bonds. The average Bonchev–Trinajstić information content (AvgIpc) is 2.76. The predicted octanol–water partition coefficient (Wildman–Crippen LogP) is 4.31. The normalized spacial score (nSPS) is 10.7. The second-order valence-electron chi connectivity index (χ2n) is 6.06. The van der Waals surface area contributed by atoms with Crippen LogP contribution in [-0.2, 0) is 0 Å². The maximum atomic E-state index is 12.2. The van der Waals surface area contributed by atoms with E-state index in [1.807, 2.05) is 13.8 Å². The number of H-pyrrole nitrogens is 1. The molecule has 0 aliphatic heterocycles. The fraction of sp³-hybridized carbons (Fsp3) is 0.667. The summed E-state index contributed by atoms with van der Waals surface area (Å²) in [6.07, 6.45) is 8.61. The fourth-order valence-corrected chi connectivity index (χ4v) is 2.88. The number of unbranched alkanes of at least 4 members (excludes halogenated alkanes) is 6. The lowest BCUT2D eigenvalue weighted by atomic mass is 10.1. The first-order valence-corrected chi connectivity index (χ1v) is 8.47. The summed E-state index contributed by atoms with van der Waals surface area (Å²) >= 11 is 0. The van der Waals surface area contributed by atoms with Gasteiger partial charge in [0.15, 0.2) is 5.78 Å². The Bertz CT molecular complexity index is 503. The molecule has 0 saturated heterocycles. The van der Waals surface area contributed by atoms with Crippen LogP contribution in [0.4, 0.5) is 0 Å². The molecule has 2 N–H and O–H groups in total. The van der Waals surface area contributed by atoms with Gasteiger partial charge >= 0.3 is 0 Å². The van der Waals surface area contributed by atoms with Crippen LogP contribution in [0.5, 0.6) is 0 Å². The van der Waals surface area contributed by atoms with Crippen molar-refractivity contribution in [3.05, 3.63) is 22.5 Å². The molecular formula is C18H30N2O2. The van der Waals surface area contributed by atoms with Gasteiger partial charge in [0, 0.05) is 17.8 Å².